The van der Waals surface area contributed by atoms with Crippen LogP contribution in [-0.4, -0.2) is 36.5 Å². The second-order valence-electron chi connectivity index (χ2n) is 5.49. The Hall–Kier alpha value is -0.570. The van der Waals surface area contributed by atoms with E-state index in [0.29, 0.717) is 24.4 Å². The molecule has 100 valence electrons. The predicted octanol–water partition coefficient (Wildman–Crippen LogP) is 2.41. The van der Waals surface area contributed by atoms with Crippen LogP contribution in [0.5, 0.6) is 0 Å². The lowest BCUT2D eigenvalue weighted by molar-refractivity contribution is -0.132. The summed E-state index contributed by atoms with van der Waals surface area (Å²) < 4.78 is 0. The highest BCUT2D eigenvalue weighted by Crippen LogP contribution is 2.24. The zero-order chi connectivity index (χ0) is 12.7. The number of carbonyl (C=O) groups is 1. The summed E-state index contributed by atoms with van der Waals surface area (Å²) in [7, 11) is 0. The van der Waals surface area contributed by atoms with E-state index in [1.807, 2.05) is 6.92 Å². The molecule has 17 heavy (non-hydrogen) atoms. The second kappa shape index (κ2) is 7.70. The fourth-order valence-corrected chi connectivity index (χ4v) is 2.46. The molecule has 3 nitrogen and oxygen atoms in total. The van der Waals surface area contributed by atoms with Gasteiger partial charge in [0.25, 0.3) is 0 Å². The van der Waals surface area contributed by atoms with Crippen LogP contribution < -0.4 is 5.32 Å². The van der Waals surface area contributed by atoms with Crippen LogP contribution >= 0.6 is 0 Å². The third-order valence-electron chi connectivity index (χ3n) is 3.56. The van der Waals surface area contributed by atoms with Gasteiger partial charge in [0.05, 0.1) is 6.54 Å². The van der Waals surface area contributed by atoms with Crippen LogP contribution in [0.2, 0.25) is 0 Å². The van der Waals surface area contributed by atoms with Gasteiger partial charge in [-0.3, -0.25) is 4.79 Å². The minimum absolute atomic E-state index is 0.291. The molecule has 1 fully saturated rings. The molecule has 0 radical (unpaired) electrons. The van der Waals surface area contributed by atoms with E-state index in [0.717, 1.165) is 19.5 Å². The fraction of sp³-hybridized carbons (Fsp3) is 0.929. The SMILES string of the molecule is CCNCC(=O)N(CCC(C)C)C1CCCC1. The van der Waals surface area contributed by atoms with Crippen molar-refractivity contribution in [2.45, 2.75) is 58.9 Å². The molecule has 0 aromatic carbocycles. The van der Waals surface area contributed by atoms with Crippen LogP contribution in [0.15, 0.2) is 0 Å². The van der Waals surface area contributed by atoms with Crippen molar-refractivity contribution in [3.63, 3.8) is 0 Å². The van der Waals surface area contributed by atoms with Crippen molar-refractivity contribution in [3.05, 3.63) is 0 Å². The van der Waals surface area contributed by atoms with E-state index in [4.69, 9.17) is 0 Å². The van der Waals surface area contributed by atoms with Gasteiger partial charge >= 0.3 is 0 Å². The number of rotatable bonds is 7. The first-order valence-corrected chi connectivity index (χ1v) is 7.15. The van der Waals surface area contributed by atoms with Crippen LogP contribution in [0.1, 0.15) is 52.9 Å². The molecule has 1 N–H and O–H groups in total. The zero-order valence-corrected chi connectivity index (χ0v) is 11.7. The first kappa shape index (κ1) is 14.5. The largest absolute Gasteiger partial charge is 0.339 e. The number of likely N-dealkylation sites (N-methyl/N-ethyl adjacent to an activating group) is 1. The third kappa shape index (κ3) is 5.07. The highest BCUT2D eigenvalue weighted by Gasteiger charge is 2.25. The highest BCUT2D eigenvalue weighted by molar-refractivity contribution is 5.78. The number of hydrogen-bond acceptors (Lipinski definition) is 2. The van der Waals surface area contributed by atoms with E-state index < -0.39 is 0 Å². The van der Waals surface area contributed by atoms with Crippen molar-refractivity contribution >= 4 is 5.91 Å². The van der Waals surface area contributed by atoms with Gasteiger partial charge < -0.3 is 10.2 Å². The molecule has 0 aliphatic heterocycles. The molecule has 0 heterocycles. The van der Waals surface area contributed by atoms with Crippen LogP contribution in [0.25, 0.3) is 0 Å². The van der Waals surface area contributed by atoms with Gasteiger partial charge in [-0.25, -0.2) is 0 Å². The Labute approximate surface area is 106 Å². The molecule has 3 heteroatoms. The Morgan fingerprint density at radius 2 is 2.00 bits per heavy atom. The summed E-state index contributed by atoms with van der Waals surface area (Å²) in [4.78, 5) is 14.3. The average Bonchev–Trinajstić information content (AvgIpc) is 2.79. The van der Waals surface area contributed by atoms with Gasteiger partial charge in [-0.05, 0) is 31.7 Å². The predicted molar refractivity (Wildman–Crippen MR) is 72.0 cm³/mol. The quantitative estimate of drug-likeness (QED) is 0.741. The van der Waals surface area contributed by atoms with Gasteiger partial charge in [-0.2, -0.15) is 0 Å². The monoisotopic (exact) mass is 240 g/mol. The molecule has 1 amide bonds. The molecule has 0 unspecified atom stereocenters. The average molecular weight is 240 g/mol. The molecule has 0 aromatic heterocycles. The Morgan fingerprint density at radius 1 is 1.35 bits per heavy atom. The van der Waals surface area contributed by atoms with Crippen LogP contribution in [-0.2, 0) is 4.79 Å². The standard InChI is InChI=1S/C14H28N2O/c1-4-15-11-14(17)16(10-9-12(2)3)13-7-5-6-8-13/h12-13,15H,4-11H2,1-3H3. The van der Waals surface area contributed by atoms with Crippen LogP contribution in [0.4, 0.5) is 0 Å². The zero-order valence-electron chi connectivity index (χ0n) is 11.7. The minimum atomic E-state index is 0.291. The Balaban J connectivity index is 2.47. The Kier molecular flexibility index (Phi) is 6.56. The Bertz CT molecular complexity index is 222. The van der Waals surface area contributed by atoms with Gasteiger partial charge in [0, 0.05) is 12.6 Å². The van der Waals surface area contributed by atoms with Crippen LogP contribution in [0, 0.1) is 5.92 Å². The lowest BCUT2D eigenvalue weighted by Gasteiger charge is -2.30. The number of nitrogens with one attached hydrogen (secondary N) is 1. The van der Waals surface area contributed by atoms with E-state index in [1.54, 1.807) is 0 Å². The third-order valence-corrected chi connectivity index (χ3v) is 3.56. The molecule has 1 saturated carbocycles. The smallest absolute Gasteiger partial charge is 0.236 e. The molecule has 1 rings (SSSR count). The van der Waals surface area contributed by atoms with Crippen molar-refractivity contribution in [2.24, 2.45) is 5.92 Å². The highest BCUT2D eigenvalue weighted by atomic mass is 16.2. The second-order valence-corrected chi connectivity index (χ2v) is 5.49. The number of amides is 1. The lowest BCUT2D eigenvalue weighted by Crippen LogP contribution is -2.44. The number of nitrogens with zero attached hydrogens (tertiary/aromatic N) is 1. The molecular weight excluding hydrogens is 212 g/mol. The molecule has 0 saturated heterocycles. The normalized spacial score (nSPS) is 16.7. The van der Waals surface area contributed by atoms with Crippen molar-refractivity contribution in [1.82, 2.24) is 10.2 Å². The summed E-state index contributed by atoms with van der Waals surface area (Å²) in [6.45, 7) is 8.80. The topological polar surface area (TPSA) is 32.3 Å². The molecule has 1 aliphatic rings. The molecule has 0 atom stereocenters. The molecule has 1 aliphatic carbocycles. The molecular formula is C14H28N2O. The maximum atomic E-state index is 12.2. The van der Waals surface area contributed by atoms with E-state index in [2.05, 4.69) is 24.1 Å². The van der Waals surface area contributed by atoms with Crippen LogP contribution in [0.3, 0.4) is 0 Å². The molecule has 0 aromatic rings. The maximum absolute atomic E-state index is 12.2. The van der Waals surface area contributed by atoms with E-state index in [-0.39, 0.29) is 0 Å². The van der Waals surface area contributed by atoms with E-state index in [1.165, 1.54) is 25.7 Å². The van der Waals surface area contributed by atoms with E-state index in [9.17, 15) is 4.79 Å². The van der Waals surface area contributed by atoms with Gasteiger partial charge in [-0.1, -0.05) is 33.6 Å². The molecule has 0 bridgehead atoms. The number of carbonyl (C=O) groups excluding carboxylic acids is 1. The van der Waals surface area contributed by atoms with E-state index >= 15 is 0 Å². The summed E-state index contributed by atoms with van der Waals surface area (Å²) in [5, 5.41) is 3.15. The van der Waals surface area contributed by atoms with Gasteiger partial charge in [0.1, 0.15) is 0 Å². The van der Waals surface area contributed by atoms with Crippen molar-refractivity contribution in [3.8, 4) is 0 Å². The minimum Gasteiger partial charge on any atom is -0.339 e. The number of hydrogen-bond donors (Lipinski definition) is 1. The van der Waals surface area contributed by atoms with Gasteiger partial charge in [0.15, 0.2) is 0 Å². The summed E-state index contributed by atoms with van der Waals surface area (Å²) in [6.07, 6.45) is 6.11. The summed E-state index contributed by atoms with van der Waals surface area (Å²) in [5.74, 6) is 0.963. The Morgan fingerprint density at radius 3 is 2.53 bits per heavy atom. The first-order valence-electron chi connectivity index (χ1n) is 7.15. The van der Waals surface area contributed by atoms with Crippen molar-refractivity contribution in [1.29, 1.82) is 0 Å². The van der Waals surface area contributed by atoms with Gasteiger partial charge in [0.2, 0.25) is 5.91 Å². The molecule has 0 spiro atoms. The summed E-state index contributed by atoms with van der Waals surface area (Å²) >= 11 is 0. The van der Waals surface area contributed by atoms with Gasteiger partial charge in [-0.15, -0.1) is 0 Å². The van der Waals surface area contributed by atoms with Crippen molar-refractivity contribution in [2.75, 3.05) is 19.6 Å². The van der Waals surface area contributed by atoms with Crippen molar-refractivity contribution < 1.29 is 4.79 Å². The maximum Gasteiger partial charge on any atom is 0.236 e. The summed E-state index contributed by atoms with van der Waals surface area (Å²) in [5.41, 5.74) is 0. The summed E-state index contributed by atoms with van der Waals surface area (Å²) in [6, 6.07) is 0.514. The first-order chi connectivity index (χ1) is 8.15. The fourth-order valence-electron chi connectivity index (χ4n) is 2.46. The lowest BCUT2D eigenvalue weighted by atomic mass is 10.1.